The number of benzene rings is 2. The van der Waals surface area contributed by atoms with Crippen LogP contribution in [0.5, 0.6) is 0 Å². The number of guanidine groups is 1. The highest BCUT2D eigenvalue weighted by Gasteiger charge is 2.02. The molecule has 23 heavy (non-hydrogen) atoms. The van der Waals surface area contributed by atoms with Crippen molar-refractivity contribution in [2.75, 3.05) is 26.8 Å². The summed E-state index contributed by atoms with van der Waals surface area (Å²) in [4.78, 5) is 4.25. The van der Waals surface area contributed by atoms with Gasteiger partial charge in [0.05, 0.1) is 0 Å². The molecule has 0 saturated carbocycles. The predicted octanol–water partition coefficient (Wildman–Crippen LogP) is 3.55. The lowest BCUT2D eigenvalue weighted by Gasteiger charge is -2.13. The number of nitrogens with one attached hydrogen (secondary N) is 2. The van der Waals surface area contributed by atoms with E-state index >= 15 is 0 Å². The Balaban J connectivity index is 0.00000264. The van der Waals surface area contributed by atoms with Crippen LogP contribution in [-0.2, 0) is 11.3 Å². The molecule has 0 fully saturated rings. The maximum absolute atomic E-state index is 5.33. The lowest BCUT2D eigenvalue weighted by Crippen LogP contribution is -2.37. The normalized spacial score (nSPS) is 11.1. The molecule has 0 amide bonds. The van der Waals surface area contributed by atoms with Crippen LogP contribution in [0.25, 0.3) is 10.8 Å². The van der Waals surface area contributed by atoms with Crippen LogP contribution >= 0.6 is 24.0 Å². The van der Waals surface area contributed by atoms with Crippen molar-refractivity contribution in [2.45, 2.75) is 19.9 Å². The molecule has 4 nitrogen and oxygen atoms in total. The second-order valence-electron chi connectivity index (χ2n) is 5.04. The van der Waals surface area contributed by atoms with Crippen LogP contribution < -0.4 is 10.6 Å². The standard InChI is InChI=1S/C18H25N3O.HI/c1-3-22-13-7-12-20-18(19-2)21-14-16-10-6-9-15-8-4-5-11-17(15)16;/h4-6,8-11H,3,7,12-14H2,1-2H3,(H2,19,20,21);1H. The van der Waals surface area contributed by atoms with Gasteiger partial charge in [0.25, 0.3) is 0 Å². The summed E-state index contributed by atoms with van der Waals surface area (Å²) in [6.45, 7) is 5.18. The average molecular weight is 427 g/mol. The summed E-state index contributed by atoms with van der Waals surface area (Å²) in [5.74, 6) is 0.824. The van der Waals surface area contributed by atoms with Gasteiger partial charge in [-0.3, -0.25) is 4.99 Å². The van der Waals surface area contributed by atoms with Crippen LogP contribution in [0.3, 0.4) is 0 Å². The number of rotatable bonds is 7. The van der Waals surface area contributed by atoms with Crippen molar-refractivity contribution >= 4 is 40.7 Å². The molecule has 2 N–H and O–H groups in total. The molecule has 2 rings (SSSR count). The Morgan fingerprint density at radius 3 is 2.65 bits per heavy atom. The Morgan fingerprint density at radius 2 is 1.87 bits per heavy atom. The van der Waals surface area contributed by atoms with Crippen LogP contribution in [0, 0.1) is 0 Å². The van der Waals surface area contributed by atoms with Crippen LogP contribution in [0.15, 0.2) is 47.5 Å². The molecular formula is C18H26IN3O. The summed E-state index contributed by atoms with van der Waals surface area (Å²) in [5, 5.41) is 9.22. The second kappa shape index (κ2) is 11.2. The molecule has 0 spiro atoms. The first kappa shape index (κ1) is 19.7. The van der Waals surface area contributed by atoms with Crippen molar-refractivity contribution in [1.29, 1.82) is 0 Å². The molecule has 2 aromatic carbocycles. The second-order valence-corrected chi connectivity index (χ2v) is 5.04. The summed E-state index contributed by atoms with van der Waals surface area (Å²) in [5.41, 5.74) is 1.27. The minimum Gasteiger partial charge on any atom is -0.382 e. The minimum atomic E-state index is 0. The van der Waals surface area contributed by atoms with Gasteiger partial charge in [0, 0.05) is 33.4 Å². The van der Waals surface area contributed by atoms with E-state index in [4.69, 9.17) is 4.74 Å². The molecule has 0 heterocycles. The molecule has 0 radical (unpaired) electrons. The smallest absolute Gasteiger partial charge is 0.191 e. The van der Waals surface area contributed by atoms with E-state index in [-0.39, 0.29) is 24.0 Å². The Kier molecular flexibility index (Phi) is 9.63. The van der Waals surface area contributed by atoms with Crippen molar-refractivity contribution in [3.8, 4) is 0 Å². The van der Waals surface area contributed by atoms with Gasteiger partial charge in [-0.15, -0.1) is 24.0 Å². The number of hydrogen-bond acceptors (Lipinski definition) is 2. The van der Waals surface area contributed by atoms with Gasteiger partial charge in [0.15, 0.2) is 5.96 Å². The molecule has 0 saturated heterocycles. The van der Waals surface area contributed by atoms with E-state index in [1.807, 2.05) is 6.92 Å². The maximum atomic E-state index is 5.33. The number of ether oxygens (including phenoxy) is 1. The molecule has 0 aliphatic heterocycles. The Morgan fingerprint density at radius 1 is 1.09 bits per heavy atom. The SMILES string of the molecule is CCOCCCNC(=NC)NCc1cccc2ccccc12.I. The predicted molar refractivity (Wildman–Crippen MR) is 109 cm³/mol. The third-order valence-corrected chi connectivity index (χ3v) is 3.51. The number of aliphatic imine (C=N–C) groups is 1. The monoisotopic (exact) mass is 427 g/mol. The minimum absolute atomic E-state index is 0. The fourth-order valence-corrected chi connectivity index (χ4v) is 2.37. The molecule has 0 aliphatic carbocycles. The summed E-state index contributed by atoms with van der Waals surface area (Å²) in [6, 6.07) is 14.8. The highest BCUT2D eigenvalue weighted by Crippen LogP contribution is 2.18. The van der Waals surface area contributed by atoms with Gasteiger partial charge in [-0.1, -0.05) is 42.5 Å². The third-order valence-electron chi connectivity index (χ3n) is 3.51. The highest BCUT2D eigenvalue weighted by atomic mass is 127. The van der Waals surface area contributed by atoms with Crippen LogP contribution in [0.1, 0.15) is 18.9 Å². The van der Waals surface area contributed by atoms with Crippen molar-refractivity contribution < 1.29 is 4.74 Å². The molecule has 0 unspecified atom stereocenters. The summed E-state index contributed by atoms with van der Waals surface area (Å²) in [7, 11) is 1.79. The Hall–Kier alpha value is -1.34. The molecule has 0 bridgehead atoms. The first-order valence-electron chi connectivity index (χ1n) is 7.84. The number of halogens is 1. The Labute approximate surface area is 155 Å². The van der Waals surface area contributed by atoms with Crippen molar-refractivity contribution in [2.24, 2.45) is 4.99 Å². The molecule has 0 aromatic heterocycles. The highest BCUT2D eigenvalue weighted by molar-refractivity contribution is 14.0. The summed E-state index contributed by atoms with van der Waals surface area (Å²) < 4.78 is 5.33. The Bertz CT molecular complexity index is 611. The van der Waals surface area contributed by atoms with Gasteiger partial charge < -0.3 is 15.4 Å². The number of hydrogen-bond donors (Lipinski definition) is 2. The maximum Gasteiger partial charge on any atom is 0.191 e. The van der Waals surface area contributed by atoms with Gasteiger partial charge >= 0.3 is 0 Å². The van der Waals surface area contributed by atoms with E-state index in [1.54, 1.807) is 7.05 Å². The van der Waals surface area contributed by atoms with Gasteiger partial charge in [-0.05, 0) is 29.7 Å². The van der Waals surface area contributed by atoms with Crippen molar-refractivity contribution in [1.82, 2.24) is 10.6 Å². The molecule has 0 atom stereocenters. The van der Waals surface area contributed by atoms with Crippen molar-refractivity contribution in [3.05, 3.63) is 48.0 Å². The van der Waals surface area contributed by atoms with Gasteiger partial charge in [-0.25, -0.2) is 0 Å². The van der Waals surface area contributed by atoms with E-state index < -0.39 is 0 Å². The van der Waals surface area contributed by atoms with E-state index in [9.17, 15) is 0 Å². The van der Waals surface area contributed by atoms with E-state index in [2.05, 4.69) is 58.1 Å². The molecule has 126 valence electrons. The average Bonchev–Trinajstić information content (AvgIpc) is 2.57. The third kappa shape index (κ3) is 6.35. The fraction of sp³-hybridized carbons (Fsp3) is 0.389. The van der Waals surface area contributed by atoms with Crippen LogP contribution in [-0.4, -0.2) is 32.8 Å². The van der Waals surface area contributed by atoms with E-state index in [0.717, 1.165) is 38.7 Å². The van der Waals surface area contributed by atoms with Gasteiger partial charge in [-0.2, -0.15) is 0 Å². The first-order chi connectivity index (χ1) is 10.8. The van der Waals surface area contributed by atoms with Crippen LogP contribution in [0.4, 0.5) is 0 Å². The lowest BCUT2D eigenvalue weighted by molar-refractivity contribution is 0.145. The molecule has 2 aromatic rings. The number of fused-ring (bicyclic) bond motifs is 1. The fourth-order valence-electron chi connectivity index (χ4n) is 2.37. The zero-order valence-corrected chi connectivity index (χ0v) is 16.2. The molecular weight excluding hydrogens is 401 g/mol. The summed E-state index contributed by atoms with van der Waals surface area (Å²) >= 11 is 0. The quantitative estimate of drug-likeness (QED) is 0.308. The topological polar surface area (TPSA) is 45.6 Å². The first-order valence-corrected chi connectivity index (χ1v) is 7.84. The van der Waals surface area contributed by atoms with Gasteiger partial charge in [0.1, 0.15) is 0 Å². The number of nitrogens with zero attached hydrogens (tertiary/aromatic N) is 1. The van der Waals surface area contributed by atoms with E-state index in [1.165, 1.54) is 16.3 Å². The lowest BCUT2D eigenvalue weighted by atomic mass is 10.0. The largest absolute Gasteiger partial charge is 0.382 e. The van der Waals surface area contributed by atoms with Crippen molar-refractivity contribution in [3.63, 3.8) is 0 Å². The summed E-state index contributed by atoms with van der Waals surface area (Å²) in [6.07, 6.45) is 0.975. The van der Waals surface area contributed by atoms with E-state index in [0.29, 0.717) is 0 Å². The zero-order valence-electron chi connectivity index (χ0n) is 13.8. The van der Waals surface area contributed by atoms with Gasteiger partial charge in [0.2, 0.25) is 0 Å². The molecule has 5 heteroatoms. The zero-order chi connectivity index (χ0) is 15.6. The molecule has 0 aliphatic rings. The van der Waals surface area contributed by atoms with Crippen LogP contribution in [0.2, 0.25) is 0 Å².